The van der Waals surface area contributed by atoms with Gasteiger partial charge in [0.15, 0.2) is 0 Å². The smallest absolute Gasteiger partial charge is 0.272 e. The maximum absolute atomic E-state index is 13.4. The Morgan fingerprint density at radius 1 is 1.03 bits per heavy atom. The van der Waals surface area contributed by atoms with E-state index < -0.39 is 0 Å². The van der Waals surface area contributed by atoms with E-state index in [9.17, 15) is 4.79 Å². The number of rotatable bonds is 8. The van der Waals surface area contributed by atoms with Gasteiger partial charge in [-0.3, -0.25) is 9.69 Å². The molecule has 0 radical (unpaired) electrons. The Morgan fingerprint density at radius 3 is 2.30 bits per heavy atom. The fourth-order valence-electron chi connectivity index (χ4n) is 5.45. The van der Waals surface area contributed by atoms with Crippen molar-refractivity contribution in [2.45, 2.75) is 52.0 Å². The average Bonchev–Trinajstić information content (AvgIpc) is 3.22. The minimum absolute atomic E-state index is 0.0519. The lowest BCUT2D eigenvalue weighted by atomic mass is 9.94. The predicted octanol–water partition coefficient (Wildman–Crippen LogP) is 3.37. The molecule has 1 amide bonds. The first-order valence-corrected chi connectivity index (χ1v) is 12.5. The van der Waals surface area contributed by atoms with E-state index in [4.69, 9.17) is 0 Å². The number of piperidine rings is 1. The highest BCUT2D eigenvalue weighted by atomic mass is 16.2. The Morgan fingerprint density at radius 2 is 1.70 bits per heavy atom. The van der Waals surface area contributed by atoms with Crippen LogP contribution in [0.15, 0.2) is 30.3 Å². The second kappa shape index (κ2) is 10.7. The molecule has 0 atom stereocenters. The monoisotopic (exact) mass is 449 g/mol. The van der Waals surface area contributed by atoms with Crippen LogP contribution in [-0.2, 0) is 12.8 Å². The van der Waals surface area contributed by atoms with Crippen LogP contribution in [0.2, 0.25) is 0 Å². The van der Waals surface area contributed by atoms with E-state index in [1.165, 1.54) is 24.0 Å². The number of benzene rings is 1. The van der Waals surface area contributed by atoms with Crippen LogP contribution >= 0.6 is 0 Å². The summed E-state index contributed by atoms with van der Waals surface area (Å²) in [6.45, 7) is 8.64. The normalized spacial score (nSPS) is 17.5. The zero-order valence-corrected chi connectivity index (χ0v) is 20.8. The molecule has 2 heterocycles. The number of likely N-dealkylation sites (tertiary alicyclic amines) is 1. The van der Waals surface area contributed by atoms with Gasteiger partial charge in [0.1, 0.15) is 11.5 Å². The zero-order chi connectivity index (χ0) is 23.4. The Balaban J connectivity index is 1.36. The minimum atomic E-state index is 0.0519. The number of carbonyl (C=O) groups is 1. The van der Waals surface area contributed by atoms with E-state index >= 15 is 0 Å². The van der Waals surface area contributed by atoms with Crippen LogP contribution in [0.4, 0.5) is 0 Å². The lowest BCUT2D eigenvalue weighted by Gasteiger charge is -2.38. The van der Waals surface area contributed by atoms with Crippen molar-refractivity contribution in [3.63, 3.8) is 0 Å². The lowest BCUT2D eigenvalue weighted by Crippen LogP contribution is -2.45. The molecule has 1 fully saturated rings. The molecule has 6 nitrogen and oxygen atoms in total. The highest BCUT2D eigenvalue weighted by Crippen LogP contribution is 2.29. The zero-order valence-electron chi connectivity index (χ0n) is 20.8. The van der Waals surface area contributed by atoms with Crippen molar-refractivity contribution >= 4 is 5.91 Å². The van der Waals surface area contributed by atoms with Crippen molar-refractivity contribution in [2.24, 2.45) is 5.92 Å². The predicted molar refractivity (Wildman–Crippen MR) is 133 cm³/mol. The number of nitrogens with zero attached hydrogens (tertiary/aromatic N) is 5. The van der Waals surface area contributed by atoms with Gasteiger partial charge in [-0.25, -0.2) is 9.97 Å². The molecule has 0 bridgehead atoms. The standard InChI is InChI=1S/C27H39N5O/c1-20-16-26(29-21(2)28-20)27(33)32(13-7-12-30(3)4)19-22-10-14-31(15-11-22)25-17-23-8-5-6-9-24(23)18-25/h5-6,8-9,16,22,25H,7,10-15,17-19H2,1-4H3. The quantitative estimate of drug-likeness (QED) is 0.619. The largest absolute Gasteiger partial charge is 0.337 e. The summed E-state index contributed by atoms with van der Waals surface area (Å²) in [7, 11) is 4.17. The molecule has 1 aromatic carbocycles. The van der Waals surface area contributed by atoms with Crippen molar-refractivity contribution in [3.8, 4) is 0 Å². The van der Waals surface area contributed by atoms with E-state index in [1.54, 1.807) is 0 Å². The molecule has 6 heteroatoms. The number of fused-ring (bicyclic) bond motifs is 1. The molecule has 1 saturated heterocycles. The number of aryl methyl sites for hydroxylation is 2. The van der Waals surface area contributed by atoms with Crippen molar-refractivity contribution in [3.05, 3.63) is 58.7 Å². The van der Waals surface area contributed by atoms with Crippen LogP contribution in [0.5, 0.6) is 0 Å². The van der Waals surface area contributed by atoms with Crippen LogP contribution in [0.25, 0.3) is 0 Å². The summed E-state index contributed by atoms with van der Waals surface area (Å²) in [6.07, 6.45) is 5.66. The third-order valence-corrected chi connectivity index (χ3v) is 7.18. The molecule has 0 saturated carbocycles. The number of carbonyl (C=O) groups excluding carboxylic acids is 1. The van der Waals surface area contributed by atoms with Crippen molar-refractivity contribution in [1.82, 2.24) is 24.7 Å². The van der Waals surface area contributed by atoms with Gasteiger partial charge in [-0.1, -0.05) is 24.3 Å². The third kappa shape index (κ3) is 6.18. The average molecular weight is 450 g/mol. The molecular formula is C27H39N5O. The summed E-state index contributed by atoms with van der Waals surface area (Å²) < 4.78 is 0. The van der Waals surface area contributed by atoms with E-state index in [-0.39, 0.29) is 5.91 Å². The van der Waals surface area contributed by atoms with Gasteiger partial charge in [-0.05, 0) is 103 Å². The van der Waals surface area contributed by atoms with Crippen molar-refractivity contribution < 1.29 is 4.79 Å². The maximum Gasteiger partial charge on any atom is 0.272 e. The van der Waals surface area contributed by atoms with Crippen LogP contribution in [0, 0.1) is 19.8 Å². The molecule has 0 N–H and O–H groups in total. The summed E-state index contributed by atoms with van der Waals surface area (Å²) >= 11 is 0. The first kappa shape index (κ1) is 23.8. The maximum atomic E-state index is 13.4. The molecule has 2 aromatic rings. The van der Waals surface area contributed by atoms with Crippen LogP contribution < -0.4 is 0 Å². The van der Waals surface area contributed by atoms with Gasteiger partial charge in [0.2, 0.25) is 0 Å². The third-order valence-electron chi connectivity index (χ3n) is 7.18. The summed E-state index contributed by atoms with van der Waals surface area (Å²) in [5.74, 6) is 1.27. The van der Waals surface area contributed by atoms with E-state index in [2.05, 4.69) is 63.0 Å². The van der Waals surface area contributed by atoms with Crippen LogP contribution in [-0.4, -0.2) is 83.4 Å². The molecule has 1 aliphatic carbocycles. The van der Waals surface area contributed by atoms with E-state index in [1.807, 2.05) is 19.9 Å². The first-order chi connectivity index (χ1) is 15.9. The SMILES string of the molecule is Cc1cc(C(=O)N(CCCN(C)C)CC2CCN(C3Cc4ccccc4C3)CC2)nc(C)n1. The van der Waals surface area contributed by atoms with Gasteiger partial charge in [0.25, 0.3) is 5.91 Å². The molecule has 33 heavy (non-hydrogen) atoms. The van der Waals surface area contributed by atoms with Crippen LogP contribution in [0.3, 0.4) is 0 Å². The summed E-state index contributed by atoms with van der Waals surface area (Å²) in [6, 6.07) is 11.4. The Kier molecular flexibility index (Phi) is 7.76. The summed E-state index contributed by atoms with van der Waals surface area (Å²) in [4.78, 5) is 29.1. The fourth-order valence-corrected chi connectivity index (χ4v) is 5.45. The number of hydrogen-bond acceptors (Lipinski definition) is 5. The molecular weight excluding hydrogens is 410 g/mol. The molecule has 4 rings (SSSR count). The molecule has 0 unspecified atom stereocenters. The highest BCUT2D eigenvalue weighted by Gasteiger charge is 2.31. The van der Waals surface area contributed by atoms with Gasteiger partial charge in [-0.15, -0.1) is 0 Å². The van der Waals surface area contributed by atoms with Crippen molar-refractivity contribution in [1.29, 1.82) is 0 Å². The summed E-state index contributed by atoms with van der Waals surface area (Å²) in [5, 5.41) is 0. The molecule has 2 aliphatic rings. The van der Waals surface area contributed by atoms with E-state index in [0.29, 0.717) is 23.5 Å². The Bertz CT molecular complexity index is 906. The van der Waals surface area contributed by atoms with Crippen molar-refractivity contribution in [2.75, 3.05) is 46.8 Å². The molecule has 1 aliphatic heterocycles. The van der Waals surface area contributed by atoms with Crippen LogP contribution in [0.1, 0.15) is 52.4 Å². The Hall–Kier alpha value is -2.31. The fraction of sp³-hybridized carbons (Fsp3) is 0.593. The molecule has 0 spiro atoms. The summed E-state index contributed by atoms with van der Waals surface area (Å²) in [5.41, 5.74) is 4.44. The highest BCUT2D eigenvalue weighted by molar-refractivity contribution is 5.92. The Labute approximate surface area is 199 Å². The second-order valence-corrected chi connectivity index (χ2v) is 10.2. The molecule has 178 valence electrons. The first-order valence-electron chi connectivity index (χ1n) is 12.5. The lowest BCUT2D eigenvalue weighted by molar-refractivity contribution is 0.0655. The topological polar surface area (TPSA) is 52.6 Å². The van der Waals surface area contributed by atoms with E-state index in [0.717, 1.165) is 57.7 Å². The second-order valence-electron chi connectivity index (χ2n) is 10.2. The number of aromatic nitrogens is 2. The number of amides is 1. The number of hydrogen-bond donors (Lipinski definition) is 0. The van der Waals surface area contributed by atoms with Gasteiger partial charge in [0.05, 0.1) is 0 Å². The molecule has 1 aromatic heterocycles. The van der Waals surface area contributed by atoms with Gasteiger partial charge >= 0.3 is 0 Å². The minimum Gasteiger partial charge on any atom is -0.337 e. The van der Waals surface area contributed by atoms with Gasteiger partial charge in [0, 0.05) is 24.8 Å². The van der Waals surface area contributed by atoms with Gasteiger partial charge in [-0.2, -0.15) is 0 Å². The van der Waals surface area contributed by atoms with Gasteiger partial charge < -0.3 is 9.80 Å².